The van der Waals surface area contributed by atoms with Gasteiger partial charge < -0.3 is 14.8 Å². The minimum absolute atomic E-state index is 0.0685. The standard InChI is InChI=1S/C21H25FN2O4/c1-5-28-21(26)20(15-8-9-18(27-4)16(22)11-15)23-12-19(25)24-17-10-13(2)6-7-14(17)3/h6-11,20,23H,5,12H2,1-4H3,(H,24,25). The molecule has 2 rings (SSSR count). The number of rotatable bonds is 8. The number of halogens is 1. The fourth-order valence-corrected chi connectivity index (χ4v) is 2.68. The molecule has 2 N–H and O–H groups in total. The second-order valence-corrected chi connectivity index (χ2v) is 6.33. The molecule has 0 aliphatic carbocycles. The number of ether oxygens (including phenoxy) is 2. The quantitative estimate of drug-likeness (QED) is 0.679. The summed E-state index contributed by atoms with van der Waals surface area (Å²) in [6.45, 7) is 5.53. The molecule has 1 atom stereocenters. The van der Waals surface area contributed by atoms with E-state index in [-0.39, 0.29) is 24.8 Å². The number of carbonyl (C=O) groups is 2. The van der Waals surface area contributed by atoms with Crippen LogP contribution in [0.1, 0.15) is 29.7 Å². The van der Waals surface area contributed by atoms with Crippen LogP contribution in [-0.4, -0.2) is 32.1 Å². The summed E-state index contributed by atoms with van der Waals surface area (Å²) in [5.74, 6) is -1.45. The number of methoxy groups -OCH3 is 1. The summed E-state index contributed by atoms with van der Waals surface area (Å²) in [7, 11) is 1.36. The number of nitrogens with one attached hydrogen (secondary N) is 2. The summed E-state index contributed by atoms with van der Waals surface area (Å²) in [6.07, 6.45) is 0. The van der Waals surface area contributed by atoms with E-state index in [9.17, 15) is 14.0 Å². The molecule has 7 heteroatoms. The molecule has 2 aromatic carbocycles. The van der Waals surface area contributed by atoms with Gasteiger partial charge in [-0.2, -0.15) is 0 Å². The van der Waals surface area contributed by atoms with Crippen molar-refractivity contribution in [3.63, 3.8) is 0 Å². The lowest BCUT2D eigenvalue weighted by molar-refractivity contribution is -0.145. The Morgan fingerprint density at radius 1 is 1.14 bits per heavy atom. The van der Waals surface area contributed by atoms with Crippen molar-refractivity contribution in [3.8, 4) is 5.75 Å². The minimum Gasteiger partial charge on any atom is -0.494 e. The van der Waals surface area contributed by atoms with Gasteiger partial charge in [0.1, 0.15) is 6.04 Å². The molecular formula is C21H25FN2O4. The molecule has 0 aliphatic heterocycles. The molecule has 28 heavy (non-hydrogen) atoms. The van der Waals surface area contributed by atoms with Crippen LogP contribution >= 0.6 is 0 Å². The number of anilines is 1. The van der Waals surface area contributed by atoms with Gasteiger partial charge in [0, 0.05) is 5.69 Å². The van der Waals surface area contributed by atoms with Gasteiger partial charge in [0.05, 0.1) is 20.3 Å². The van der Waals surface area contributed by atoms with Crippen molar-refractivity contribution < 1.29 is 23.5 Å². The predicted octanol–water partition coefficient (Wildman–Crippen LogP) is 3.28. The average molecular weight is 388 g/mol. The highest BCUT2D eigenvalue weighted by Gasteiger charge is 2.24. The van der Waals surface area contributed by atoms with E-state index in [2.05, 4.69) is 10.6 Å². The van der Waals surface area contributed by atoms with Crippen LogP contribution < -0.4 is 15.4 Å². The summed E-state index contributed by atoms with van der Waals surface area (Å²) in [6, 6.07) is 8.93. The van der Waals surface area contributed by atoms with Crippen molar-refractivity contribution in [1.29, 1.82) is 0 Å². The molecule has 0 saturated heterocycles. The zero-order chi connectivity index (χ0) is 20.7. The van der Waals surface area contributed by atoms with Gasteiger partial charge in [-0.05, 0) is 55.7 Å². The SMILES string of the molecule is CCOC(=O)C(NCC(=O)Nc1cc(C)ccc1C)c1ccc(OC)c(F)c1. The van der Waals surface area contributed by atoms with Crippen molar-refractivity contribution in [3.05, 3.63) is 58.9 Å². The highest BCUT2D eigenvalue weighted by molar-refractivity contribution is 5.93. The maximum absolute atomic E-state index is 14.0. The van der Waals surface area contributed by atoms with Crippen molar-refractivity contribution in [2.24, 2.45) is 0 Å². The third kappa shape index (κ3) is 5.53. The van der Waals surface area contributed by atoms with E-state index < -0.39 is 17.8 Å². The van der Waals surface area contributed by atoms with Crippen LogP contribution in [0.25, 0.3) is 0 Å². The molecule has 0 saturated carbocycles. The summed E-state index contributed by atoms with van der Waals surface area (Å²) in [5, 5.41) is 5.66. The highest BCUT2D eigenvalue weighted by atomic mass is 19.1. The Hall–Kier alpha value is -2.93. The number of esters is 1. The van der Waals surface area contributed by atoms with E-state index >= 15 is 0 Å². The van der Waals surface area contributed by atoms with Crippen LogP contribution in [0, 0.1) is 19.7 Å². The largest absolute Gasteiger partial charge is 0.494 e. The number of aryl methyl sites for hydroxylation is 2. The fourth-order valence-electron chi connectivity index (χ4n) is 2.68. The topological polar surface area (TPSA) is 76.7 Å². The Morgan fingerprint density at radius 2 is 1.89 bits per heavy atom. The van der Waals surface area contributed by atoms with Crippen molar-refractivity contribution in [2.75, 3.05) is 25.6 Å². The van der Waals surface area contributed by atoms with Crippen molar-refractivity contribution in [1.82, 2.24) is 5.32 Å². The lowest BCUT2D eigenvalue weighted by Crippen LogP contribution is -2.36. The first-order chi connectivity index (χ1) is 13.3. The normalized spacial score (nSPS) is 11.6. The molecule has 0 fully saturated rings. The number of benzene rings is 2. The predicted molar refractivity (Wildman–Crippen MR) is 105 cm³/mol. The molecule has 6 nitrogen and oxygen atoms in total. The number of amides is 1. The smallest absolute Gasteiger partial charge is 0.327 e. The molecule has 0 aromatic heterocycles. The van der Waals surface area contributed by atoms with Crippen LogP contribution in [0.4, 0.5) is 10.1 Å². The Labute approximate surface area is 164 Å². The van der Waals surface area contributed by atoms with Crippen molar-refractivity contribution >= 4 is 17.6 Å². The van der Waals surface area contributed by atoms with Crippen LogP contribution in [0.15, 0.2) is 36.4 Å². The van der Waals surface area contributed by atoms with E-state index in [0.29, 0.717) is 11.3 Å². The Bertz CT molecular complexity index is 854. The molecule has 150 valence electrons. The first-order valence-electron chi connectivity index (χ1n) is 8.96. The summed E-state index contributed by atoms with van der Waals surface area (Å²) < 4.78 is 24.0. The van der Waals surface area contributed by atoms with Gasteiger partial charge in [-0.25, -0.2) is 9.18 Å². The summed E-state index contributed by atoms with van der Waals surface area (Å²) >= 11 is 0. The van der Waals surface area contributed by atoms with Gasteiger partial charge in [-0.3, -0.25) is 10.1 Å². The lowest BCUT2D eigenvalue weighted by Gasteiger charge is -2.18. The van der Waals surface area contributed by atoms with Gasteiger partial charge >= 0.3 is 5.97 Å². The summed E-state index contributed by atoms with van der Waals surface area (Å²) in [5.41, 5.74) is 3.00. The fraction of sp³-hybridized carbons (Fsp3) is 0.333. The minimum atomic E-state index is -0.982. The van der Waals surface area contributed by atoms with E-state index in [0.717, 1.165) is 11.1 Å². The Balaban J connectivity index is 2.12. The van der Waals surface area contributed by atoms with E-state index in [4.69, 9.17) is 9.47 Å². The lowest BCUT2D eigenvalue weighted by atomic mass is 10.1. The molecule has 2 aromatic rings. The first-order valence-corrected chi connectivity index (χ1v) is 8.96. The van der Waals surface area contributed by atoms with E-state index in [1.807, 2.05) is 32.0 Å². The zero-order valence-electron chi connectivity index (χ0n) is 16.5. The Morgan fingerprint density at radius 3 is 2.54 bits per heavy atom. The van der Waals surface area contributed by atoms with Crippen LogP contribution in [0.2, 0.25) is 0 Å². The second kappa shape index (κ2) is 9.85. The van der Waals surface area contributed by atoms with Gasteiger partial charge in [-0.15, -0.1) is 0 Å². The molecule has 0 bridgehead atoms. The average Bonchev–Trinajstić information content (AvgIpc) is 2.65. The number of hydrogen-bond donors (Lipinski definition) is 2. The van der Waals surface area contributed by atoms with E-state index in [1.165, 1.54) is 19.2 Å². The van der Waals surface area contributed by atoms with E-state index in [1.54, 1.807) is 13.0 Å². The third-order valence-corrected chi connectivity index (χ3v) is 4.17. The van der Waals surface area contributed by atoms with Crippen molar-refractivity contribution in [2.45, 2.75) is 26.8 Å². The highest BCUT2D eigenvalue weighted by Crippen LogP contribution is 2.23. The molecule has 0 radical (unpaired) electrons. The van der Waals surface area contributed by atoms with Crippen LogP contribution in [0.5, 0.6) is 5.75 Å². The molecule has 0 aliphatic rings. The molecular weight excluding hydrogens is 363 g/mol. The monoisotopic (exact) mass is 388 g/mol. The number of hydrogen-bond acceptors (Lipinski definition) is 5. The summed E-state index contributed by atoms with van der Waals surface area (Å²) in [4.78, 5) is 24.6. The van der Waals surface area contributed by atoms with Gasteiger partial charge in [-0.1, -0.05) is 18.2 Å². The third-order valence-electron chi connectivity index (χ3n) is 4.17. The zero-order valence-corrected chi connectivity index (χ0v) is 16.5. The van der Waals surface area contributed by atoms with Gasteiger partial charge in [0.2, 0.25) is 5.91 Å². The van der Waals surface area contributed by atoms with Crippen LogP contribution in [0.3, 0.4) is 0 Å². The van der Waals surface area contributed by atoms with Gasteiger partial charge in [0.15, 0.2) is 11.6 Å². The van der Waals surface area contributed by atoms with Gasteiger partial charge in [0.25, 0.3) is 0 Å². The Kier molecular flexibility index (Phi) is 7.52. The molecule has 0 heterocycles. The molecule has 1 unspecified atom stereocenters. The molecule has 1 amide bonds. The van der Waals surface area contributed by atoms with Crippen LogP contribution in [-0.2, 0) is 14.3 Å². The molecule has 0 spiro atoms. The maximum Gasteiger partial charge on any atom is 0.327 e. The maximum atomic E-state index is 14.0. The number of carbonyl (C=O) groups excluding carboxylic acids is 2. The second-order valence-electron chi connectivity index (χ2n) is 6.33. The first kappa shape index (κ1) is 21.4.